The molecule has 0 saturated carbocycles. The van der Waals surface area contributed by atoms with E-state index in [1.807, 2.05) is 30.3 Å². The first-order valence-corrected chi connectivity index (χ1v) is 7.94. The predicted molar refractivity (Wildman–Crippen MR) is 81.6 cm³/mol. The number of carbonyl (C=O) groups is 2. The normalized spacial score (nSPS) is 23.0. The molecule has 1 amide bonds. The fourth-order valence-corrected chi connectivity index (χ4v) is 3.05. The molecule has 6 nitrogen and oxygen atoms in total. The zero-order valence-corrected chi connectivity index (χ0v) is 12.9. The highest BCUT2D eigenvalue weighted by atomic mass is 32.2. The van der Waals surface area contributed by atoms with E-state index in [4.69, 9.17) is 4.74 Å². The molecule has 0 aliphatic carbocycles. The summed E-state index contributed by atoms with van der Waals surface area (Å²) in [5.41, 5.74) is 0.869. The molecule has 1 unspecified atom stereocenters. The van der Waals surface area contributed by atoms with Crippen molar-refractivity contribution in [2.75, 3.05) is 6.61 Å². The number of hydrogen-bond donors (Lipinski definition) is 1. The van der Waals surface area contributed by atoms with Crippen molar-refractivity contribution in [3.8, 4) is 0 Å². The second-order valence-electron chi connectivity index (χ2n) is 4.77. The van der Waals surface area contributed by atoms with E-state index in [2.05, 4.69) is 0 Å². The molecule has 1 heterocycles. The third kappa shape index (κ3) is 3.61. The summed E-state index contributed by atoms with van der Waals surface area (Å²) in [7, 11) is 0. The third-order valence-electron chi connectivity index (χ3n) is 3.37. The third-order valence-corrected chi connectivity index (χ3v) is 4.15. The minimum atomic E-state index is -2.48. The molecule has 0 aromatic heterocycles. The van der Waals surface area contributed by atoms with Gasteiger partial charge in [0.15, 0.2) is 0 Å². The Morgan fingerprint density at radius 2 is 2.14 bits per heavy atom. The topological polar surface area (TPSA) is 83.9 Å². The Bertz CT molecular complexity index is 601. The Hall–Kier alpha value is -1.99. The van der Waals surface area contributed by atoms with Gasteiger partial charge in [-0.2, -0.15) is 0 Å². The molecule has 1 N–H and O–H groups in total. The molecule has 0 spiro atoms. The highest BCUT2D eigenvalue weighted by molar-refractivity contribution is 7.77. The lowest BCUT2D eigenvalue weighted by Gasteiger charge is -2.20. The van der Waals surface area contributed by atoms with Crippen molar-refractivity contribution in [2.45, 2.75) is 19.4 Å². The van der Waals surface area contributed by atoms with E-state index in [1.54, 1.807) is 19.1 Å². The van der Waals surface area contributed by atoms with Crippen molar-refractivity contribution in [1.29, 1.82) is 0 Å². The van der Waals surface area contributed by atoms with Gasteiger partial charge in [0, 0.05) is 6.42 Å². The van der Waals surface area contributed by atoms with Crippen LogP contribution in [0.25, 0.3) is 6.08 Å². The maximum absolute atomic E-state index is 12.0. The Kier molecular flexibility index (Phi) is 5.46. The summed E-state index contributed by atoms with van der Waals surface area (Å²) >= 11 is -2.48. The Balaban J connectivity index is 2.27. The van der Waals surface area contributed by atoms with Gasteiger partial charge in [0.25, 0.3) is 11.3 Å². The summed E-state index contributed by atoms with van der Waals surface area (Å²) in [6.45, 7) is 1.87. The second-order valence-corrected chi connectivity index (χ2v) is 5.63. The van der Waals surface area contributed by atoms with Crippen molar-refractivity contribution >= 4 is 29.2 Å². The van der Waals surface area contributed by atoms with Gasteiger partial charge in [0.1, 0.15) is 0 Å². The van der Waals surface area contributed by atoms with Gasteiger partial charge >= 0.3 is 5.97 Å². The second kappa shape index (κ2) is 7.33. The molecule has 1 fully saturated rings. The monoisotopic (exact) mass is 323 g/mol. The van der Waals surface area contributed by atoms with Crippen LogP contribution in [0.4, 0.5) is 0 Å². The predicted octanol–water partition coefficient (Wildman–Crippen LogP) is 1.62. The van der Waals surface area contributed by atoms with Crippen molar-refractivity contribution < 1.29 is 23.1 Å². The minimum absolute atomic E-state index is 0.130. The van der Waals surface area contributed by atoms with Crippen LogP contribution in [0.2, 0.25) is 0 Å². The van der Waals surface area contributed by atoms with Crippen LogP contribution in [0.15, 0.2) is 36.4 Å². The Morgan fingerprint density at radius 3 is 2.73 bits per heavy atom. The highest BCUT2D eigenvalue weighted by Gasteiger charge is 2.45. The first-order chi connectivity index (χ1) is 10.5. The molecule has 1 aliphatic heterocycles. The number of benzene rings is 1. The number of hydrogen-bond acceptors (Lipinski definition) is 4. The molecule has 7 heteroatoms. The average molecular weight is 323 g/mol. The first-order valence-electron chi connectivity index (χ1n) is 6.87. The van der Waals surface area contributed by atoms with Gasteiger partial charge in [-0.15, -0.1) is 0 Å². The lowest BCUT2D eigenvalue weighted by Crippen LogP contribution is -2.37. The quantitative estimate of drug-likeness (QED) is 0.657. The number of amides is 1. The van der Waals surface area contributed by atoms with Crippen molar-refractivity contribution in [2.24, 2.45) is 5.92 Å². The molecule has 1 aromatic rings. The number of esters is 1. The van der Waals surface area contributed by atoms with E-state index in [1.165, 1.54) is 0 Å². The number of nitrogens with zero attached hydrogens (tertiary/aromatic N) is 1. The summed E-state index contributed by atoms with van der Waals surface area (Å²) in [5, 5.41) is 0. The summed E-state index contributed by atoms with van der Waals surface area (Å²) < 4.78 is 26.5. The highest BCUT2D eigenvalue weighted by Crippen LogP contribution is 2.29. The maximum Gasteiger partial charge on any atom is 0.311 e. The fraction of sp³-hybridized carbons (Fsp3) is 0.333. The van der Waals surface area contributed by atoms with Crippen LogP contribution in [0, 0.1) is 5.92 Å². The van der Waals surface area contributed by atoms with E-state index in [0.717, 1.165) is 9.87 Å². The Morgan fingerprint density at radius 1 is 1.45 bits per heavy atom. The largest absolute Gasteiger partial charge is 0.466 e. The summed E-state index contributed by atoms with van der Waals surface area (Å²) in [4.78, 5) is 23.9. The summed E-state index contributed by atoms with van der Waals surface area (Å²) in [6.07, 6.45) is 3.18. The number of rotatable bonds is 5. The van der Waals surface area contributed by atoms with Crippen LogP contribution in [0.3, 0.4) is 0 Å². The van der Waals surface area contributed by atoms with Gasteiger partial charge in [0.2, 0.25) is 5.91 Å². The summed E-state index contributed by atoms with van der Waals surface area (Å²) in [6, 6.07) is 8.49. The van der Waals surface area contributed by atoms with Crippen LogP contribution in [-0.2, 0) is 25.6 Å². The smallest absolute Gasteiger partial charge is 0.311 e. The van der Waals surface area contributed by atoms with Crippen LogP contribution in [-0.4, -0.2) is 37.6 Å². The van der Waals surface area contributed by atoms with Crippen molar-refractivity contribution in [3.63, 3.8) is 0 Å². The van der Waals surface area contributed by atoms with Gasteiger partial charge in [0.05, 0.1) is 18.6 Å². The molecular formula is C15H17NO5S. The van der Waals surface area contributed by atoms with Crippen LogP contribution < -0.4 is 0 Å². The molecule has 1 aromatic carbocycles. The lowest BCUT2D eigenvalue weighted by molar-refractivity contribution is -0.148. The first kappa shape index (κ1) is 16.4. The van der Waals surface area contributed by atoms with Crippen LogP contribution in [0.5, 0.6) is 0 Å². The van der Waals surface area contributed by atoms with Gasteiger partial charge in [-0.05, 0) is 12.5 Å². The lowest BCUT2D eigenvalue weighted by atomic mass is 9.99. The van der Waals surface area contributed by atoms with Gasteiger partial charge < -0.3 is 4.74 Å². The molecular weight excluding hydrogens is 306 g/mol. The summed E-state index contributed by atoms with van der Waals surface area (Å²) in [5.74, 6) is -1.85. The molecule has 1 aliphatic rings. The molecule has 0 bridgehead atoms. The van der Waals surface area contributed by atoms with E-state index < -0.39 is 35.1 Å². The zero-order chi connectivity index (χ0) is 16.1. The molecule has 1 saturated heterocycles. The van der Waals surface area contributed by atoms with Gasteiger partial charge in [-0.1, -0.05) is 42.5 Å². The molecule has 118 valence electrons. The number of carbonyl (C=O) groups excluding carboxylic acids is 2. The van der Waals surface area contributed by atoms with Crippen LogP contribution >= 0.6 is 0 Å². The fourth-order valence-electron chi connectivity index (χ4n) is 2.38. The molecule has 3 atom stereocenters. The Labute approximate surface area is 131 Å². The van der Waals surface area contributed by atoms with E-state index in [0.29, 0.717) is 0 Å². The van der Waals surface area contributed by atoms with Gasteiger partial charge in [-0.25, -0.2) is 8.51 Å². The standard InChI is InChI=1S/C15H17NO5S/c1-2-21-15(18)12-10-14(17)16(22(19)20)13(12)9-8-11-6-4-3-5-7-11/h3-9,12-13H,2,10H2,1H3,(H,19,20)/b9-8+/t12-,13-/m0/s1. The molecule has 0 radical (unpaired) electrons. The van der Waals surface area contributed by atoms with Crippen LogP contribution in [0.1, 0.15) is 18.9 Å². The van der Waals surface area contributed by atoms with E-state index in [-0.39, 0.29) is 13.0 Å². The van der Waals surface area contributed by atoms with E-state index in [9.17, 15) is 18.4 Å². The zero-order valence-electron chi connectivity index (χ0n) is 12.0. The average Bonchev–Trinajstić information content (AvgIpc) is 2.83. The van der Waals surface area contributed by atoms with Crippen molar-refractivity contribution in [1.82, 2.24) is 4.31 Å². The van der Waals surface area contributed by atoms with E-state index >= 15 is 0 Å². The molecule has 22 heavy (non-hydrogen) atoms. The van der Waals surface area contributed by atoms with Crippen molar-refractivity contribution in [3.05, 3.63) is 42.0 Å². The number of ether oxygens (including phenoxy) is 1. The SMILES string of the molecule is CCOC(=O)[C@H]1CC(=O)N(S(=O)O)[C@H]1/C=C/c1ccccc1. The molecule has 2 rings (SSSR count). The van der Waals surface area contributed by atoms with Gasteiger partial charge in [-0.3, -0.25) is 14.1 Å². The minimum Gasteiger partial charge on any atom is -0.466 e. The maximum atomic E-state index is 12.0.